The molecule has 1 saturated heterocycles. The van der Waals surface area contributed by atoms with Crippen LogP contribution in [0.25, 0.3) is 0 Å². The van der Waals surface area contributed by atoms with Crippen LogP contribution in [0.1, 0.15) is 11.1 Å². The molecule has 0 unspecified atom stereocenters. The van der Waals surface area contributed by atoms with Crippen molar-refractivity contribution in [3.8, 4) is 0 Å². The summed E-state index contributed by atoms with van der Waals surface area (Å²) in [5.74, 6) is 0.0681. The number of benzene rings is 2. The van der Waals surface area contributed by atoms with Gasteiger partial charge in [0, 0.05) is 36.9 Å². The second kappa shape index (κ2) is 9.02. The lowest BCUT2D eigenvalue weighted by Gasteiger charge is -2.34. The number of rotatable bonds is 5. The third kappa shape index (κ3) is 5.81. The average Bonchev–Trinajstić information content (AvgIpc) is 2.64. The Morgan fingerprint density at radius 3 is 2.41 bits per heavy atom. The molecule has 0 saturated carbocycles. The lowest BCUT2D eigenvalue weighted by atomic mass is 10.1. The van der Waals surface area contributed by atoms with E-state index in [1.165, 1.54) is 5.56 Å². The van der Waals surface area contributed by atoms with Crippen molar-refractivity contribution in [2.45, 2.75) is 13.3 Å². The van der Waals surface area contributed by atoms with Crippen molar-refractivity contribution in [3.05, 3.63) is 64.7 Å². The zero-order valence-corrected chi connectivity index (χ0v) is 16.2. The van der Waals surface area contributed by atoms with E-state index in [0.29, 0.717) is 49.9 Å². The fourth-order valence-corrected chi connectivity index (χ4v) is 3.31. The molecule has 1 aliphatic rings. The molecule has 2 aromatic rings. The van der Waals surface area contributed by atoms with Gasteiger partial charge in [0.1, 0.15) is 0 Å². The van der Waals surface area contributed by atoms with Gasteiger partial charge in [0.15, 0.2) is 0 Å². The highest BCUT2D eigenvalue weighted by molar-refractivity contribution is 6.30. The number of amides is 2. The first-order valence-corrected chi connectivity index (χ1v) is 9.48. The molecule has 0 radical (unpaired) electrons. The summed E-state index contributed by atoms with van der Waals surface area (Å²) >= 11 is 5.93. The molecule has 1 N–H and O–H groups in total. The topological polar surface area (TPSA) is 52.7 Å². The van der Waals surface area contributed by atoms with Crippen molar-refractivity contribution in [2.24, 2.45) is 0 Å². The number of carbonyl (C=O) groups excluding carboxylic acids is 2. The lowest BCUT2D eigenvalue weighted by molar-refractivity contribution is -0.132. The van der Waals surface area contributed by atoms with Gasteiger partial charge in [-0.25, -0.2) is 0 Å². The van der Waals surface area contributed by atoms with E-state index in [4.69, 9.17) is 11.6 Å². The Kier molecular flexibility index (Phi) is 6.48. The van der Waals surface area contributed by atoms with Gasteiger partial charge in [-0.1, -0.05) is 47.5 Å². The molecule has 0 spiro atoms. The number of halogens is 1. The zero-order valence-electron chi connectivity index (χ0n) is 15.5. The smallest absolute Gasteiger partial charge is 0.238 e. The fraction of sp³-hybridized carbons (Fsp3) is 0.333. The van der Waals surface area contributed by atoms with Crippen LogP contribution in [0.2, 0.25) is 5.02 Å². The highest BCUT2D eigenvalue weighted by Gasteiger charge is 2.22. The third-order valence-corrected chi connectivity index (χ3v) is 4.91. The van der Waals surface area contributed by atoms with E-state index in [1.54, 1.807) is 18.2 Å². The van der Waals surface area contributed by atoms with Crippen molar-refractivity contribution in [1.29, 1.82) is 0 Å². The largest absolute Gasteiger partial charge is 0.340 e. The molecule has 1 aliphatic heterocycles. The predicted molar refractivity (Wildman–Crippen MR) is 108 cm³/mol. The van der Waals surface area contributed by atoms with Crippen molar-refractivity contribution in [1.82, 2.24) is 9.80 Å². The number of hydrogen-bond donors (Lipinski definition) is 1. The maximum absolute atomic E-state index is 12.5. The predicted octanol–water partition coefficient (Wildman–Crippen LogP) is 2.97. The number of piperazine rings is 1. The van der Waals surface area contributed by atoms with Crippen LogP contribution in [0.4, 0.5) is 5.69 Å². The van der Waals surface area contributed by atoms with E-state index in [0.717, 1.165) is 5.56 Å². The molecule has 6 heteroatoms. The Balaban J connectivity index is 1.43. The van der Waals surface area contributed by atoms with Crippen LogP contribution < -0.4 is 5.32 Å². The van der Waals surface area contributed by atoms with Crippen LogP contribution in [-0.4, -0.2) is 54.3 Å². The van der Waals surface area contributed by atoms with Crippen LogP contribution in [0, 0.1) is 6.92 Å². The van der Waals surface area contributed by atoms with Gasteiger partial charge < -0.3 is 10.2 Å². The quantitative estimate of drug-likeness (QED) is 0.860. The Morgan fingerprint density at radius 2 is 1.74 bits per heavy atom. The Bertz CT molecular complexity index is 799. The van der Waals surface area contributed by atoms with Gasteiger partial charge in [-0.15, -0.1) is 0 Å². The maximum Gasteiger partial charge on any atom is 0.238 e. The van der Waals surface area contributed by atoms with Gasteiger partial charge in [-0.05, 0) is 30.7 Å². The Morgan fingerprint density at radius 1 is 1.04 bits per heavy atom. The van der Waals surface area contributed by atoms with Crippen molar-refractivity contribution in [2.75, 3.05) is 38.0 Å². The number of aryl methyl sites for hydroxylation is 1. The molecular formula is C21H24ClN3O2. The van der Waals surface area contributed by atoms with E-state index < -0.39 is 0 Å². The highest BCUT2D eigenvalue weighted by Crippen LogP contribution is 2.15. The summed E-state index contributed by atoms with van der Waals surface area (Å²) in [7, 11) is 0. The summed E-state index contributed by atoms with van der Waals surface area (Å²) in [6.07, 6.45) is 0.426. The lowest BCUT2D eigenvalue weighted by Crippen LogP contribution is -2.50. The average molecular weight is 386 g/mol. The molecule has 0 aliphatic carbocycles. The summed E-state index contributed by atoms with van der Waals surface area (Å²) in [5.41, 5.74) is 2.92. The van der Waals surface area contributed by atoms with Gasteiger partial charge in [-0.3, -0.25) is 14.5 Å². The van der Waals surface area contributed by atoms with Crippen LogP contribution in [0.3, 0.4) is 0 Å². The third-order valence-electron chi connectivity index (χ3n) is 4.68. The van der Waals surface area contributed by atoms with Crippen LogP contribution >= 0.6 is 11.6 Å². The van der Waals surface area contributed by atoms with Crippen molar-refractivity contribution < 1.29 is 9.59 Å². The molecule has 0 bridgehead atoms. The van der Waals surface area contributed by atoms with E-state index in [9.17, 15) is 9.59 Å². The normalized spacial score (nSPS) is 14.8. The first-order valence-electron chi connectivity index (χ1n) is 9.11. The Hall–Kier alpha value is -2.37. The summed E-state index contributed by atoms with van der Waals surface area (Å²) in [6.45, 7) is 5.04. The first kappa shape index (κ1) is 19.4. The molecule has 5 nitrogen and oxygen atoms in total. The standard InChI is InChI=1S/C21H24ClN3O2/c1-16-5-7-17(8-6-16)13-21(27)25-11-9-24(10-12-25)15-20(26)23-19-4-2-3-18(22)14-19/h2-8,14H,9-13,15H2,1H3,(H,23,26). The minimum absolute atomic E-state index is 0.0725. The molecule has 1 heterocycles. The maximum atomic E-state index is 12.5. The molecule has 142 valence electrons. The minimum Gasteiger partial charge on any atom is -0.340 e. The van der Waals surface area contributed by atoms with E-state index in [2.05, 4.69) is 10.2 Å². The summed E-state index contributed by atoms with van der Waals surface area (Å²) < 4.78 is 0. The van der Waals surface area contributed by atoms with Crippen LogP contribution in [-0.2, 0) is 16.0 Å². The Labute approximate surface area is 164 Å². The van der Waals surface area contributed by atoms with Crippen LogP contribution in [0.15, 0.2) is 48.5 Å². The summed E-state index contributed by atoms with van der Waals surface area (Å²) in [4.78, 5) is 28.6. The number of nitrogens with one attached hydrogen (secondary N) is 1. The molecule has 3 rings (SSSR count). The van der Waals surface area contributed by atoms with Crippen molar-refractivity contribution >= 4 is 29.1 Å². The van der Waals surface area contributed by atoms with Gasteiger partial charge in [0.25, 0.3) is 0 Å². The summed E-state index contributed by atoms with van der Waals surface area (Å²) in [6, 6.07) is 15.2. The number of carbonyl (C=O) groups is 2. The molecule has 2 aromatic carbocycles. The number of nitrogens with zero attached hydrogens (tertiary/aromatic N) is 2. The van der Waals surface area contributed by atoms with Gasteiger partial charge in [0.2, 0.25) is 11.8 Å². The number of hydrogen-bond acceptors (Lipinski definition) is 3. The molecule has 0 aromatic heterocycles. The van der Waals surface area contributed by atoms with E-state index in [-0.39, 0.29) is 11.8 Å². The van der Waals surface area contributed by atoms with Gasteiger partial charge in [-0.2, -0.15) is 0 Å². The van der Waals surface area contributed by atoms with Gasteiger partial charge in [0.05, 0.1) is 13.0 Å². The molecular weight excluding hydrogens is 362 g/mol. The first-order chi connectivity index (χ1) is 13.0. The van der Waals surface area contributed by atoms with Gasteiger partial charge >= 0.3 is 0 Å². The number of anilines is 1. The second-order valence-corrected chi connectivity index (χ2v) is 7.31. The molecule has 2 amide bonds. The monoisotopic (exact) mass is 385 g/mol. The zero-order chi connectivity index (χ0) is 19.2. The van der Waals surface area contributed by atoms with Crippen LogP contribution in [0.5, 0.6) is 0 Å². The minimum atomic E-state index is -0.0725. The van der Waals surface area contributed by atoms with E-state index >= 15 is 0 Å². The summed E-state index contributed by atoms with van der Waals surface area (Å²) in [5, 5.41) is 3.45. The SMILES string of the molecule is Cc1ccc(CC(=O)N2CCN(CC(=O)Nc3cccc(Cl)c3)CC2)cc1. The van der Waals surface area contributed by atoms with Crippen molar-refractivity contribution in [3.63, 3.8) is 0 Å². The molecule has 27 heavy (non-hydrogen) atoms. The molecule has 1 fully saturated rings. The molecule has 0 atom stereocenters. The van der Waals surface area contributed by atoms with E-state index in [1.807, 2.05) is 42.2 Å². The second-order valence-electron chi connectivity index (χ2n) is 6.88. The fourth-order valence-electron chi connectivity index (χ4n) is 3.12. The highest BCUT2D eigenvalue weighted by atomic mass is 35.5.